The molecule has 2 aliphatic rings. The second-order valence-corrected chi connectivity index (χ2v) is 7.39. The van der Waals surface area contributed by atoms with Gasteiger partial charge in [-0.3, -0.25) is 0 Å². The number of hydrogen-bond acceptors (Lipinski definition) is 2. The van der Waals surface area contributed by atoms with E-state index in [1.54, 1.807) is 0 Å². The highest BCUT2D eigenvalue weighted by Gasteiger charge is 2.59. The lowest BCUT2D eigenvalue weighted by molar-refractivity contribution is -0.137. The summed E-state index contributed by atoms with van der Waals surface area (Å²) in [5.41, 5.74) is -0.616. The van der Waals surface area contributed by atoms with Gasteiger partial charge in [0.1, 0.15) is 5.82 Å². The van der Waals surface area contributed by atoms with Gasteiger partial charge in [0, 0.05) is 12.2 Å². The largest absolute Gasteiger partial charge is 0.419 e. The molecule has 1 N–H and O–H groups in total. The quantitative estimate of drug-likeness (QED) is 0.854. The SMILES string of the molecule is CC12CCC(C1)C(C)(C)C2Nc1ncccc1C(F)(F)F. The van der Waals surface area contributed by atoms with Crippen LogP contribution in [0, 0.1) is 16.7 Å². The molecule has 3 unspecified atom stereocenters. The topological polar surface area (TPSA) is 24.9 Å². The van der Waals surface area contributed by atoms with Crippen LogP contribution >= 0.6 is 0 Å². The summed E-state index contributed by atoms with van der Waals surface area (Å²) < 4.78 is 39.4. The fourth-order valence-corrected chi connectivity index (χ4v) is 4.55. The number of halogens is 3. The average molecular weight is 298 g/mol. The van der Waals surface area contributed by atoms with E-state index in [1.807, 2.05) is 0 Å². The molecule has 21 heavy (non-hydrogen) atoms. The Balaban J connectivity index is 1.95. The number of alkyl halides is 3. The molecular weight excluding hydrogens is 277 g/mol. The number of aromatic nitrogens is 1. The molecule has 1 heterocycles. The lowest BCUT2D eigenvalue weighted by Crippen LogP contribution is -2.46. The van der Waals surface area contributed by atoms with Crippen molar-refractivity contribution in [2.24, 2.45) is 16.7 Å². The van der Waals surface area contributed by atoms with Gasteiger partial charge >= 0.3 is 6.18 Å². The fraction of sp³-hybridized carbons (Fsp3) is 0.688. The predicted octanol–water partition coefficient (Wildman–Crippen LogP) is 4.73. The van der Waals surface area contributed by atoms with Crippen molar-refractivity contribution in [1.82, 2.24) is 4.98 Å². The number of anilines is 1. The lowest BCUT2D eigenvalue weighted by Gasteiger charge is -2.43. The Hall–Kier alpha value is -1.26. The molecule has 0 aromatic carbocycles. The van der Waals surface area contributed by atoms with Crippen molar-refractivity contribution in [3.05, 3.63) is 23.9 Å². The first-order chi connectivity index (χ1) is 9.64. The Bertz CT molecular complexity index is 548. The van der Waals surface area contributed by atoms with Gasteiger partial charge in [0.05, 0.1) is 5.56 Å². The zero-order chi connectivity index (χ0) is 15.5. The summed E-state index contributed by atoms with van der Waals surface area (Å²) in [5, 5.41) is 3.15. The molecule has 2 nitrogen and oxygen atoms in total. The van der Waals surface area contributed by atoms with Crippen molar-refractivity contribution in [2.45, 2.75) is 52.3 Å². The molecule has 1 aromatic heterocycles. The zero-order valence-corrected chi connectivity index (χ0v) is 12.6. The molecule has 2 bridgehead atoms. The molecule has 116 valence electrons. The van der Waals surface area contributed by atoms with Crippen molar-refractivity contribution >= 4 is 5.82 Å². The molecule has 2 fully saturated rings. The molecule has 0 amide bonds. The van der Waals surface area contributed by atoms with Gasteiger partial charge in [-0.1, -0.05) is 20.8 Å². The Morgan fingerprint density at radius 2 is 2.00 bits per heavy atom. The van der Waals surface area contributed by atoms with Gasteiger partial charge in [0.15, 0.2) is 0 Å². The second kappa shape index (κ2) is 4.37. The van der Waals surface area contributed by atoms with Crippen molar-refractivity contribution in [3.8, 4) is 0 Å². The van der Waals surface area contributed by atoms with Crippen LogP contribution in [0.2, 0.25) is 0 Å². The van der Waals surface area contributed by atoms with Crippen LogP contribution in [0.1, 0.15) is 45.6 Å². The summed E-state index contributed by atoms with van der Waals surface area (Å²) in [4.78, 5) is 3.96. The van der Waals surface area contributed by atoms with Crippen molar-refractivity contribution in [3.63, 3.8) is 0 Å². The number of nitrogens with one attached hydrogen (secondary N) is 1. The maximum absolute atomic E-state index is 13.1. The van der Waals surface area contributed by atoms with E-state index in [1.165, 1.54) is 18.7 Å². The Labute approximate surface area is 123 Å². The highest BCUT2D eigenvalue weighted by molar-refractivity contribution is 5.48. The van der Waals surface area contributed by atoms with Crippen LogP contribution in [0.25, 0.3) is 0 Å². The predicted molar refractivity (Wildman–Crippen MR) is 75.9 cm³/mol. The summed E-state index contributed by atoms with van der Waals surface area (Å²) in [6.07, 6.45) is 0.383. The van der Waals surface area contributed by atoms with Gasteiger partial charge < -0.3 is 5.32 Å². The molecule has 1 aromatic rings. The van der Waals surface area contributed by atoms with Crippen LogP contribution in [0.15, 0.2) is 18.3 Å². The summed E-state index contributed by atoms with van der Waals surface area (Å²) in [5.74, 6) is 0.551. The van der Waals surface area contributed by atoms with Gasteiger partial charge in [0.25, 0.3) is 0 Å². The second-order valence-electron chi connectivity index (χ2n) is 7.39. The van der Waals surface area contributed by atoms with Gasteiger partial charge in [-0.2, -0.15) is 13.2 Å². The lowest BCUT2D eigenvalue weighted by atomic mass is 9.68. The zero-order valence-electron chi connectivity index (χ0n) is 12.6. The molecule has 0 spiro atoms. The third-order valence-corrected chi connectivity index (χ3v) is 5.66. The number of pyridine rings is 1. The summed E-state index contributed by atoms with van der Waals surface area (Å²) in [6, 6.07) is 2.46. The summed E-state index contributed by atoms with van der Waals surface area (Å²) >= 11 is 0. The monoisotopic (exact) mass is 298 g/mol. The Morgan fingerprint density at radius 3 is 2.57 bits per heavy atom. The van der Waals surface area contributed by atoms with Crippen molar-refractivity contribution < 1.29 is 13.2 Å². The molecule has 0 radical (unpaired) electrons. The number of nitrogens with zero attached hydrogens (tertiary/aromatic N) is 1. The first-order valence-corrected chi connectivity index (χ1v) is 7.43. The molecule has 0 aliphatic heterocycles. The molecule has 2 saturated carbocycles. The summed E-state index contributed by atoms with van der Waals surface area (Å²) in [7, 11) is 0. The fourth-order valence-electron chi connectivity index (χ4n) is 4.55. The third-order valence-electron chi connectivity index (χ3n) is 5.66. The van der Waals surface area contributed by atoms with Crippen LogP contribution in [-0.2, 0) is 6.18 Å². The summed E-state index contributed by atoms with van der Waals surface area (Å²) in [6.45, 7) is 6.52. The standard InChI is InChI=1S/C16H21F3N2/c1-14(2)10-6-7-15(3,9-10)13(14)21-12-11(16(17,18)19)5-4-8-20-12/h4-5,8,10,13H,6-7,9H2,1-3H3,(H,20,21). The van der Waals surface area contributed by atoms with E-state index in [-0.39, 0.29) is 22.7 Å². The highest BCUT2D eigenvalue weighted by atomic mass is 19.4. The van der Waals surface area contributed by atoms with E-state index in [4.69, 9.17) is 0 Å². The van der Waals surface area contributed by atoms with Crippen LogP contribution < -0.4 is 5.32 Å². The van der Waals surface area contributed by atoms with Gasteiger partial charge in [0.2, 0.25) is 0 Å². The van der Waals surface area contributed by atoms with Crippen LogP contribution in [0.5, 0.6) is 0 Å². The van der Waals surface area contributed by atoms with E-state index in [0.29, 0.717) is 5.92 Å². The van der Waals surface area contributed by atoms with E-state index < -0.39 is 11.7 Å². The molecule has 2 aliphatic carbocycles. The van der Waals surface area contributed by atoms with E-state index in [0.717, 1.165) is 18.9 Å². The number of rotatable bonds is 2. The Morgan fingerprint density at radius 1 is 1.29 bits per heavy atom. The Kier molecular flexibility index (Phi) is 3.05. The van der Waals surface area contributed by atoms with E-state index in [2.05, 4.69) is 31.1 Å². The maximum Gasteiger partial charge on any atom is 0.419 e. The van der Waals surface area contributed by atoms with Crippen molar-refractivity contribution in [2.75, 3.05) is 5.32 Å². The normalized spacial score (nSPS) is 34.2. The van der Waals surface area contributed by atoms with Crippen LogP contribution in [0.4, 0.5) is 19.0 Å². The first kappa shape index (κ1) is 14.7. The average Bonchev–Trinajstić information content (AvgIpc) is 2.85. The highest BCUT2D eigenvalue weighted by Crippen LogP contribution is 2.63. The minimum atomic E-state index is -4.38. The minimum Gasteiger partial charge on any atom is -0.366 e. The first-order valence-electron chi connectivity index (χ1n) is 7.43. The van der Waals surface area contributed by atoms with Crippen LogP contribution in [-0.4, -0.2) is 11.0 Å². The molecule has 5 heteroatoms. The van der Waals surface area contributed by atoms with E-state index in [9.17, 15) is 13.2 Å². The van der Waals surface area contributed by atoms with Gasteiger partial charge in [-0.05, 0) is 48.1 Å². The van der Waals surface area contributed by atoms with E-state index >= 15 is 0 Å². The number of fused-ring (bicyclic) bond motifs is 2. The molecule has 3 atom stereocenters. The third kappa shape index (κ3) is 2.21. The maximum atomic E-state index is 13.1. The molecule has 3 rings (SSSR count). The number of hydrogen-bond donors (Lipinski definition) is 1. The van der Waals surface area contributed by atoms with Crippen molar-refractivity contribution in [1.29, 1.82) is 0 Å². The molecule has 0 saturated heterocycles. The van der Waals surface area contributed by atoms with Gasteiger partial charge in [-0.25, -0.2) is 4.98 Å². The van der Waals surface area contributed by atoms with Gasteiger partial charge in [-0.15, -0.1) is 0 Å². The smallest absolute Gasteiger partial charge is 0.366 e. The minimum absolute atomic E-state index is 0.00656. The van der Waals surface area contributed by atoms with Crippen LogP contribution in [0.3, 0.4) is 0 Å². The molecular formula is C16H21F3N2.